The van der Waals surface area contributed by atoms with Crippen molar-refractivity contribution in [3.8, 4) is 0 Å². The summed E-state index contributed by atoms with van der Waals surface area (Å²) in [4.78, 5) is 13.8. The summed E-state index contributed by atoms with van der Waals surface area (Å²) >= 11 is 7.25. The third kappa shape index (κ3) is 3.79. The summed E-state index contributed by atoms with van der Waals surface area (Å²) in [6, 6.07) is 2.02. The number of carbonyl (C=O) groups is 1. The van der Waals surface area contributed by atoms with Crippen molar-refractivity contribution < 1.29 is 9.53 Å². The fourth-order valence-corrected chi connectivity index (χ4v) is 9.08. The molecular formula is C25H32N4O2S2. The number of nitrogens with zero attached hydrogens (tertiary/aromatic N) is 2. The van der Waals surface area contributed by atoms with E-state index in [1.165, 1.54) is 50.5 Å². The van der Waals surface area contributed by atoms with E-state index in [1.54, 1.807) is 11.3 Å². The van der Waals surface area contributed by atoms with E-state index in [1.807, 2.05) is 6.07 Å². The number of aromatic nitrogens is 2. The highest BCUT2D eigenvalue weighted by Gasteiger charge is 2.52. The van der Waals surface area contributed by atoms with Crippen LogP contribution in [-0.4, -0.2) is 28.0 Å². The number of thiocarbonyl (C=S) groups is 1. The number of hydrogen-bond acceptors (Lipinski definition) is 5. The van der Waals surface area contributed by atoms with Crippen molar-refractivity contribution in [3.63, 3.8) is 0 Å². The average Bonchev–Trinajstić information content (AvgIpc) is 3.36. The number of rotatable bonds is 4. The molecule has 2 aromatic rings. The minimum Gasteiger partial charge on any atom is -0.465 e. The molecule has 2 N–H and O–H groups in total. The number of fused-ring (bicyclic) bond motifs is 1. The van der Waals surface area contributed by atoms with Gasteiger partial charge >= 0.3 is 5.97 Å². The van der Waals surface area contributed by atoms with Gasteiger partial charge in [-0.25, -0.2) is 4.79 Å². The third-order valence-corrected chi connectivity index (χ3v) is 9.82. The summed E-state index contributed by atoms with van der Waals surface area (Å²) in [6.07, 6.45) is 13.2. The van der Waals surface area contributed by atoms with Gasteiger partial charge in [-0.3, -0.25) is 4.68 Å². The lowest BCUT2D eigenvalue weighted by Crippen LogP contribution is -2.52. The first-order chi connectivity index (χ1) is 15.9. The maximum absolute atomic E-state index is 12.6. The number of nitrogens with one attached hydrogen (secondary N) is 2. The van der Waals surface area contributed by atoms with Crippen molar-refractivity contribution in [3.05, 3.63) is 28.3 Å². The number of methoxy groups -OCH3 is 1. The van der Waals surface area contributed by atoms with Gasteiger partial charge in [0.05, 0.1) is 18.2 Å². The molecule has 4 saturated carbocycles. The van der Waals surface area contributed by atoms with Crippen molar-refractivity contribution in [2.75, 3.05) is 17.7 Å². The summed E-state index contributed by atoms with van der Waals surface area (Å²) < 4.78 is 7.33. The zero-order valence-corrected chi connectivity index (χ0v) is 21.0. The zero-order chi connectivity index (χ0) is 22.7. The lowest BCUT2D eigenvalue weighted by atomic mass is 9.53. The van der Waals surface area contributed by atoms with Crippen molar-refractivity contribution >= 4 is 45.5 Å². The van der Waals surface area contributed by atoms with E-state index in [4.69, 9.17) is 22.1 Å². The fraction of sp³-hybridized carbons (Fsp3) is 0.640. The minimum atomic E-state index is -0.293. The Morgan fingerprint density at radius 1 is 1.21 bits per heavy atom. The van der Waals surface area contributed by atoms with Gasteiger partial charge in [-0.15, -0.1) is 11.3 Å². The van der Waals surface area contributed by atoms with Crippen LogP contribution in [-0.2, 0) is 23.1 Å². The van der Waals surface area contributed by atoms with E-state index in [0.717, 1.165) is 53.4 Å². The highest BCUT2D eigenvalue weighted by molar-refractivity contribution is 7.80. The van der Waals surface area contributed by atoms with Crippen LogP contribution < -0.4 is 10.6 Å². The van der Waals surface area contributed by atoms with Crippen LogP contribution in [0.3, 0.4) is 0 Å². The number of carbonyl (C=O) groups excluding carboxylic acids is 1. The second kappa shape index (κ2) is 8.08. The van der Waals surface area contributed by atoms with E-state index < -0.39 is 0 Å². The standard InChI is InChI=1S/C25H32N4O2S2/c1-14-3-4-18-19(7-14)33-22(21(18)23(30)31-2)27-24(32)26-20-5-6-29(28-20)25-11-15-8-16(12-25)10-17(9-15)13-25/h5-6,14-17H,3-4,7-13H2,1-2H3,(H2,26,27,28,32). The Bertz CT molecular complexity index is 1070. The monoisotopic (exact) mass is 484 g/mol. The summed E-state index contributed by atoms with van der Waals surface area (Å²) in [5, 5.41) is 12.7. The summed E-state index contributed by atoms with van der Waals surface area (Å²) in [6.45, 7) is 2.26. The zero-order valence-electron chi connectivity index (χ0n) is 19.4. The summed E-state index contributed by atoms with van der Waals surface area (Å²) in [7, 11) is 1.44. The molecular weight excluding hydrogens is 452 g/mol. The largest absolute Gasteiger partial charge is 0.465 e. The molecule has 0 aromatic carbocycles. The summed E-state index contributed by atoms with van der Waals surface area (Å²) in [5.74, 6) is 3.74. The molecule has 8 heteroatoms. The first-order valence-corrected chi connectivity index (χ1v) is 13.5. The van der Waals surface area contributed by atoms with Gasteiger partial charge < -0.3 is 15.4 Å². The Kier molecular flexibility index (Phi) is 5.29. The van der Waals surface area contributed by atoms with Crippen molar-refractivity contribution in [2.45, 2.75) is 70.3 Å². The molecule has 4 fully saturated rings. The minimum absolute atomic E-state index is 0.200. The van der Waals surface area contributed by atoms with Crippen LogP contribution in [0.25, 0.3) is 0 Å². The molecule has 2 aromatic heterocycles. The van der Waals surface area contributed by atoms with Crippen molar-refractivity contribution in [1.29, 1.82) is 0 Å². The van der Waals surface area contributed by atoms with Gasteiger partial charge in [0.15, 0.2) is 10.9 Å². The van der Waals surface area contributed by atoms with E-state index in [2.05, 4.69) is 28.4 Å². The van der Waals surface area contributed by atoms with Crippen LogP contribution in [0.5, 0.6) is 0 Å². The molecule has 6 nitrogen and oxygen atoms in total. The molecule has 7 rings (SSSR count). The Labute approximate surface area is 204 Å². The van der Waals surface area contributed by atoms with E-state index in [-0.39, 0.29) is 11.5 Å². The van der Waals surface area contributed by atoms with Gasteiger partial charge in [-0.1, -0.05) is 6.92 Å². The molecule has 176 valence electrons. The highest BCUT2D eigenvalue weighted by Crippen LogP contribution is 2.58. The van der Waals surface area contributed by atoms with Gasteiger partial charge in [-0.05, 0) is 99.2 Å². The average molecular weight is 485 g/mol. The molecule has 0 spiro atoms. The van der Waals surface area contributed by atoms with Gasteiger partial charge in [0.1, 0.15) is 5.00 Å². The molecule has 0 saturated heterocycles. The van der Waals surface area contributed by atoms with Crippen molar-refractivity contribution in [1.82, 2.24) is 9.78 Å². The van der Waals surface area contributed by atoms with E-state index >= 15 is 0 Å². The normalized spacial score (nSPS) is 31.8. The number of thiophene rings is 1. The lowest BCUT2D eigenvalue weighted by molar-refractivity contribution is -0.0492. The van der Waals surface area contributed by atoms with Gasteiger partial charge in [0.25, 0.3) is 0 Å². The first-order valence-electron chi connectivity index (χ1n) is 12.3. The maximum atomic E-state index is 12.6. The second-order valence-electron chi connectivity index (χ2n) is 10.9. The first kappa shape index (κ1) is 21.6. The molecule has 2 heterocycles. The second-order valence-corrected chi connectivity index (χ2v) is 12.4. The predicted octanol–water partition coefficient (Wildman–Crippen LogP) is 5.59. The smallest absolute Gasteiger partial charge is 0.341 e. The Hall–Kier alpha value is -1.93. The van der Waals surface area contributed by atoms with Gasteiger partial charge in [0.2, 0.25) is 0 Å². The molecule has 1 unspecified atom stereocenters. The topological polar surface area (TPSA) is 68.2 Å². The Morgan fingerprint density at radius 2 is 1.91 bits per heavy atom. The molecule has 0 amide bonds. The number of ether oxygens (including phenoxy) is 1. The highest BCUT2D eigenvalue weighted by atomic mass is 32.1. The maximum Gasteiger partial charge on any atom is 0.341 e. The van der Waals surface area contributed by atoms with Crippen LogP contribution in [0.4, 0.5) is 10.8 Å². The van der Waals surface area contributed by atoms with Crippen molar-refractivity contribution in [2.24, 2.45) is 23.7 Å². The molecule has 5 aliphatic carbocycles. The van der Waals surface area contributed by atoms with Gasteiger partial charge in [0, 0.05) is 17.1 Å². The molecule has 33 heavy (non-hydrogen) atoms. The van der Waals surface area contributed by atoms with Crippen LogP contribution in [0.15, 0.2) is 12.3 Å². The van der Waals surface area contributed by atoms with E-state index in [9.17, 15) is 4.79 Å². The molecule has 0 aliphatic heterocycles. The van der Waals surface area contributed by atoms with E-state index in [0.29, 0.717) is 16.6 Å². The third-order valence-electron chi connectivity index (χ3n) is 8.45. The van der Waals surface area contributed by atoms with Gasteiger partial charge in [-0.2, -0.15) is 5.10 Å². The summed E-state index contributed by atoms with van der Waals surface area (Å²) in [5.41, 5.74) is 1.97. The predicted molar refractivity (Wildman–Crippen MR) is 135 cm³/mol. The van der Waals surface area contributed by atoms with Crippen LogP contribution in [0.2, 0.25) is 0 Å². The Balaban J connectivity index is 1.19. The molecule has 1 atom stereocenters. The number of hydrogen-bond donors (Lipinski definition) is 2. The SMILES string of the molecule is COC(=O)c1c(NC(=S)Nc2ccn(C34CC5CC(CC(C5)C3)C4)n2)sc2c1CCC(C)C2. The Morgan fingerprint density at radius 3 is 2.58 bits per heavy atom. The van der Waals surface area contributed by atoms with Crippen LogP contribution in [0.1, 0.15) is 72.7 Å². The lowest BCUT2D eigenvalue weighted by Gasteiger charge is -2.56. The molecule has 0 radical (unpaired) electrons. The molecule has 4 bridgehead atoms. The van der Waals surface area contributed by atoms with Crippen LogP contribution in [0, 0.1) is 23.7 Å². The quantitative estimate of drug-likeness (QED) is 0.436. The number of esters is 1. The molecule has 5 aliphatic rings. The fourth-order valence-electron chi connectivity index (χ4n) is 7.41. The van der Waals surface area contributed by atoms with Crippen LogP contribution >= 0.6 is 23.6 Å². The number of anilines is 2.